The molecule has 1 aliphatic heterocycles. The highest BCUT2D eigenvalue weighted by atomic mass is 32.2. The molecule has 1 aromatic heterocycles. The summed E-state index contributed by atoms with van der Waals surface area (Å²) in [6.07, 6.45) is -0.310. The van der Waals surface area contributed by atoms with E-state index >= 15 is 0 Å². The summed E-state index contributed by atoms with van der Waals surface area (Å²) in [7, 11) is -2.44. The van der Waals surface area contributed by atoms with Crippen LogP contribution in [0.3, 0.4) is 0 Å². The molecule has 3 N–H and O–H groups in total. The van der Waals surface area contributed by atoms with Crippen LogP contribution in [0.25, 0.3) is 10.9 Å². The minimum atomic E-state index is -3.96. The number of anilines is 2. The van der Waals surface area contributed by atoms with Crippen LogP contribution < -0.4 is 20.1 Å². The minimum absolute atomic E-state index is 0.0445. The zero-order chi connectivity index (χ0) is 24.5. The van der Waals surface area contributed by atoms with Crippen molar-refractivity contribution in [2.24, 2.45) is 5.14 Å². The third kappa shape index (κ3) is 5.26. The normalized spacial score (nSPS) is 16.2. The number of pyridine rings is 1. The molecule has 0 saturated carbocycles. The number of hydrogen-bond acceptors (Lipinski definition) is 6. The van der Waals surface area contributed by atoms with Crippen molar-refractivity contribution in [2.45, 2.75) is 30.1 Å². The van der Waals surface area contributed by atoms with Crippen LogP contribution in [0.15, 0.2) is 53.4 Å². The molecule has 11 heteroatoms. The Kier molecular flexibility index (Phi) is 6.41. The zero-order valence-electron chi connectivity index (χ0n) is 18.4. The topological polar surface area (TPSA) is 115 Å². The Balaban J connectivity index is 1.76. The van der Waals surface area contributed by atoms with Gasteiger partial charge in [0.05, 0.1) is 23.1 Å². The van der Waals surface area contributed by atoms with E-state index < -0.39 is 21.9 Å². The first-order chi connectivity index (χ1) is 16.1. The summed E-state index contributed by atoms with van der Waals surface area (Å²) in [6.45, 7) is 0.369. The molecule has 8 nitrogen and oxygen atoms in total. The second-order valence-electron chi connectivity index (χ2n) is 8.14. The molecule has 0 unspecified atom stereocenters. The van der Waals surface area contributed by atoms with Crippen molar-refractivity contribution in [3.8, 4) is 5.75 Å². The van der Waals surface area contributed by atoms with Crippen molar-refractivity contribution < 1.29 is 26.7 Å². The molecule has 0 atom stereocenters. The summed E-state index contributed by atoms with van der Waals surface area (Å²) in [5, 5.41) is 8.49. The molecule has 3 aromatic rings. The van der Waals surface area contributed by atoms with Crippen molar-refractivity contribution in [2.75, 3.05) is 30.4 Å². The van der Waals surface area contributed by atoms with Gasteiger partial charge in [-0.05, 0) is 48.9 Å². The molecule has 1 fully saturated rings. The van der Waals surface area contributed by atoms with E-state index in [1.165, 1.54) is 31.4 Å². The zero-order valence-corrected chi connectivity index (χ0v) is 19.2. The Labute approximate surface area is 195 Å². The quantitative estimate of drug-likeness (QED) is 0.563. The molecule has 180 valence electrons. The number of rotatable bonds is 5. The fourth-order valence-electron chi connectivity index (χ4n) is 3.90. The largest absolute Gasteiger partial charge is 0.497 e. The van der Waals surface area contributed by atoms with E-state index in [1.54, 1.807) is 29.2 Å². The van der Waals surface area contributed by atoms with Crippen LogP contribution in [0.5, 0.6) is 5.75 Å². The van der Waals surface area contributed by atoms with Crippen LogP contribution in [0, 0.1) is 0 Å². The summed E-state index contributed by atoms with van der Waals surface area (Å²) >= 11 is 0. The SMILES string of the molecule is COc1ccc2nc(N3CCCC(F)(F)CC3)c(C(=O)Nc3cccc(S(N)(=O)=O)c3)cc2c1. The number of sulfonamides is 1. The van der Waals surface area contributed by atoms with E-state index in [-0.39, 0.29) is 47.8 Å². The molecule has 0 radical (unpaired) electrons. The van der Waals surface area contributed by atoms with Gasteiger partial charge in [-0.1, -0.05) is 6.07 Å². The summed E-state index contributed by atoms with van der Waals surface area (Å²) in [6, 6.07) is 12.4. The van der Waals surface area contributed by atoms with Gasteiger partial charge in [0.25, 0.3) is 5.91 Å². The fraction of sp³-hybridized carbons (Fsp3) is 0.304. The Morgan fingerprint density at radius 2 is 1.94 bits per heavy atom. The average Bonchev–Trinajstić information content (AvgIpc) is 2.97. The Morgan fingerprint density at radius 1 is 1.15 bits per heavy atom. The molecular weight excluding hydrogens is 466 g/mol. The maximum Gasteiger partial charge on any atom is 0.259 e. The summed E-state index contributed by atoms with van der Waals surface area (Å²) in [4.78, 5) is 19.5. The van der Waals surface area contributed by atoms with Crippen molar-refractivity contribution >= 4 is 38.3 Å². The van der Waals surface area contributed by atoms with Gasteiger partial charge in [-0.3, -0.25) is 4.79 Å². The number of primary sulfonamides is 1. The van der Waals surface area contributed by atoms with E-state index in [4.69, 9.17) is 9.88 Å². The number of ether oxygens (including phenoxy) is 1. The molecule has 2 aromatic carbocycles. The first-order valence-corrected chi connectivity index (χ1v) is 12.2. The number of fused-ring (bicyclic) bond motifs is 1. The van der Waals surface area contributed by atoms with Gasteiger partial charge in [-0.2, -0.15) is 0 Å². The number of nitrogens with two attached hydrogens (primary N) is 1. The van der Waals surface area contributed by atoms with Crippen LogP contribution in [-0.2, 0) is 10.0 Å². The van der Waals surface area contributed by atoms with E-state index in [1.807, 2.05) is 0 Å². The number of aromatic nitrogens is 1. The Hall–Kier alpha value is -3.31. The number of carbonyl (C=O) groups excluding carboxylic acids is 1. The molecule has 1 amide bonds. The lowest BCUT2D eigenvalue weighted by Gasteiger charge is -2.24. The second kappa shape index (κ2) is 9.15. The molecule has 1 aliphatic rings. The molecular formula is C23H24F2N4O4S. The lowest BCUT2D eigenvalue weighted by Crippen LogP contribution is -2.29. The van der Waals surface area contributed by atoms with E-state index in [0.29, 0.717) is 23.2 Å². The van der Waals surface area contributed by atoms with Gasteiger partial charge in [0.2, 0.25) is 15.9 Å². The summed E-state index contributed by atoms with van der Waals surface area (Å²) < 4.78 is 56.5. The molecule has 0 spiro atoms. The number of alkyl halides is 2. The first kappa shape index (κ1) is 23.8. The van der Waals surface area contributed by atoms with Crippen LogP contribution in [-0.4, -0.2) is 45.4 Å². The second-order valence-corrected chi connectivity index (χ2v) is 9.70. The summed E-state index contributed by atoms with van der Waals surface area (Å²) in [5.74, 6) is -2.47. The van der Waals surface area contributed by atoms with Crippen molar-refractivity contribution in [1.82, 2.24) is 4.98 Å². The maximum atomic E-state index is 14.0. The van der Waals surface area contributed by atoms with E-state index in [0.717, 1.165) is 0 Å². The minimum Gasteiger partial charge on any atom is -0.497 e. The van der Waals surface area contributed by atoms with Gasteiger partial charge >= 0.3 is 0 Å². The number of hydrogen-bond donors (Lipinski definition) is 2. The number of halogens is 2. The molecule has 4 rings (SSSR count). The third-order valence-corrected chi connectivity index (χ3v) is 6.60. The Morgan fingerprint density at radius 3 is 2.68 bits per heavy atom. The van der Waals surface area contributed by atoms with Crippen LogP contribution in [0.2, 0.25) is 0 Å². The smallest absolute Gasteiger partial charge is 0.259 e. The molecule has 2 heterocycles. The Bertz CT molecular complexity index is 1350. The van der Waals surface area contributed by atoms with Gasteiger partial charge in [0.15, 0.2) is 0 Å². The van der Waals surface area contributed by atoms with Crippen LogP contribution >= 0.6 is 0 Å². The predicted octanol–water partition coefficient (Wildman–Crippen LogP) is 3.77. The van der Waals surface area contributed by atoms with Crippen molar-refractivity contribution in [3.63, 3.8) is 0 Å². The lowest BCUT2D eigenvalue weighted by molar-refractivity contribution is -0.0102. The third-order valence-electron chi connectivity index (χ3n) is 5.68. The maximum absolute atomic E-state index is 14.0. The highest BCUT2D eigenvalue weighted by Crippen LogP contribution is 2.33. The number of benzene rings is 2. The first-order valence-electron chi connectivity index (χ1n) is 10.6. The molecule has 34 heavy (non-hydrogen) atoms. The summed E-state index contributed by atoms with van der Waals surface area (Å²) in [5.41, 5.74) is 0.974. The van der Waals surface area contributed by atoms with Gasteiger partial charge in [-0.15, -0.1) is 0 Å². The molecule has 1 saturated heterocycles. The predicted molar refractivity (Wildman–Crippen MR) is 125 cm³/mol. The van der Waals surface area contributed by atoms with E-state index in [9.17, 15) is 22.0 Å². The lowest BCUT2D eigenvalue weighted by atomic mass is 10.1. The standard InChI is InChI=1S/C23H24F2N4O4S/c1-33-17-6-7-20-15(12-17)13-19(21(28-20)29-10-3-8-23(24,25)9-11-29)22(30)27-16-4-2-5-18(14-16)34(26,31)32/h2,4-7,12-14H,3,8-11H2,1H3,(H,27,30)(H2,26,31,32). The number of nitrogens with zero attached hydrogens (tertiary/aromatic N) is 2. The highest BCUT2D eigenvalue weighted by Gasteiger charge is 2.33. The molecule has 0 bridgehead atoms. The van der Waals surface area contributed by atoms with Gasteiger partial charge in [-0.25, -0.2) is 27.3 Å². The van der Waals surface area contributed by atoms with E-state index in [2.05, 4.69) is 10.3 Å². The van der Waals surface area contributed by atoms with Gasteiger partial charge in [0, 0.05) is 37.0 Å². The van der Waals surface area contributed by atoms with Crippen molar-refractivity contribution in [3.05, 3.63) is 54.1 Å². The highest BCUT2D eigenvalue weighted by molar-refractivity contribution is 7.89. The monoisotopic (exact) mass is 490 g/mol. The van der Waals surface area contributed by atoms with Gasteiger partial charge in [0.1, 0.15) is 11.6 Å². The van der Waals surface area contributed by atoms with Gasteiger partial charge < -0.3 is 15.0 Å². The van der Waals surface area contributed by atoms with Crippen molar-refractivity contribution in [1.29, 1.82) is 0 Å². The number of carbonyl (C=O) groups is 1. The number of nitrogens with one attached hydrogen (secondary N) is 1. The average molecular weight is 491 g/mol. The number of methoxy groups -OCH3 is 1. The number of amides is 1. The molecule has 0 aliphatic carbocycles. The fourth-order valence-corrected chi connectivity index (χ4v) is 4.46. The van der Waals surface area contributed by atoms with Crippen LogP contribution in [0.1, 0.15) is 29.6 Å². The van der Waals surface area contributed by atoms with Crippen LogP contribution in [0.4, 0.5) is 20.3 Å².